The Bertz CT molecular complexity index is 102. The molecule has 1 N–H and O–H groups in total. The van der Waals surface area contributed by atoms with Gasteiger partial charge in [0.25, 0.3) is 0 Å². The van der Waals surface area contributed by atoms with Crippen LogP contribution in [0.1, 0.15) is 60.3 Å². The van der Waals surface area contributed by atoms with Crippen molar-refractivity contribution in [3.8, 4) is 0 Å². The van der Waals surface area contributed by atoms with Gasteiger partial charge in [-0.1, -0.05) is 41.0 Å². The highest BCUT2D eigenvalue weighted by Gasteiger charge is 2.16. The molecule has 0 aromatic rings. The van der Waals surface area contributed by atoms with E-state index in [1.165, 1.54) is 25.7 Å². The zero-order valence-corrected chi connectivity index (χ0v) is 8.77. The molecule has 1 heteroatoms. The minimum absolute atomic E-state index is 0. The van der Waals surface area contributed by atoms with Crippen LogP contribution in [0.5, 0.6) is 0 Å². The Morgan fingerprint density at radius 3 is 2.00 bits per heavy atom. The third-order valence-electron chi connectivity index (χ3n) is 2.59. The lowest BCUT2D eigenvalue weighted by Crippen LogP contribution is -2.12. The number of hydrogen-bond donors (Lipinski definition) is 1. The highest BCUT2D eigenvalue weighted by atomic mass is 14.3. The predicted molar refractivity (Wildman–Crippen MR) is 62.6 cm³/mol. The Labute approximate surface area is 84.4 Å². The van der Waals surface area contributed by atoms with Gasteiger partial charge in [0, 0.05) is 0 Å². The van der Waals surface area contributed by atoms with Gasteiger partial charge in [0.15, 0.2) is 0 Å². The molecule has 0 bridgehead atoms. The summed E-state index contributed by atoms with van der Waals surface area (Å²) in [5.41, 5.74) is 0. The summed E-state index contributed by atoms with van der Waals surface area (Å²) in [4.78, 5) is 0. The normalized spacial score (nSPS) is 26.4. The van der Waals surface area contributed by atoms with Crippen LogP contribution in [-0.4, -0.2) is 6.21 Å². The summed E-state index contributed by atoms with van der Waals surface area (Å²) >= 11 is 0. The highest BCUT2D eigenvalue weighted by molar-refractivity contribution is 5.53. The van der Waals surface area contributed by atoms with Gasteiger partial charge in [-0.3, -0.25) is 0 Å². The van der Waals surface area contributed by atoms with Crippen molar-refractivity contribution >= 4 is 6.21 Å². The molecule has 1 aliphatic rings. The average Bonchev–Trinajstić information content (AvgIpc) is 2.13. The minimum Gasteiger partial charge on any atom is -0.313 e. The molecule has 1 rings (SSSR count). The van der Waals surface area contributed by atoms with E-state index < -0.39 is 0 Å². The molecule has 0 saturated heterocycles. The van der Waals surface area contributed by atoms with Gasteiger partial charge in [0.2, 0.25) is 0 Å². The maximum absolute atomic E-state index is 6.96. The summed E-state index contributed by atoms with van der Waals surface area (Å²) in [5.74, 6) is 1.79. The first-order valence-corrected chi connectivity index (χ1v) is 5.32. The lowest BCUT2D eigenvalue weighted by Gasteiger charge is -2.24. The van der Waals surface area contributed by atoms with E-state index in [4.69, 9.17) is 5.41 Å². The van der Waals surface area contributed by atoms with Crippen LogP contribution in [0.3, 0.4) is 0 Å². The fourth-order valence-electron chi connectivity index (χ4n) is 1.73. The average molecular weight is 185 g/mol. The first kappa shape index (κ1) is 15.2. The lowest BCUT2D eigenvalue weighted by atomic mass is 9.82. The Morgan fingerprint density at radius 2 is 1.62 bits per heavy atom. The molecule has 0 aromatic carbocycles. The molecule has 0 aromatic heterocycles. The monoisotopic (exact) mass is 185 g/mol. The van der Waals surface area contributed by atoms with Crippen molar-refractivity contribution in [2.24, 2.45) is 11.8 Å². The van der Waals surface area contributed by atoms with Gasteiger partial charge in [-0.2, -0.15) is 0 Å². The fourth-order valence-corrected chi connectivity index (χ4v) is 1.73. The van der Waals surface area contributed by atoms with Crippen LogP contribution >= 0.6 is 0 Å². The summed E-state index contributed by atoms with van der Waals surface area (Å²) < 4.78 is 0. The Kier molecular flexibility index (Phi) is 11.4. The standard InChI is InChI=1S/C9H17N.C2H6.CH4/c1-8-2-4-9(5-3-8)6-7-10;1-2;/h7-10H,2-6H2,1H3;1-2H3;1H4. The van der Waals surface area contributed by atoms with Crippen LogP contribution in [0.15, 0.2) is 0 Å². The summed E-state index contributed by atoms with van der Waals surface area (Å²) in [6.07, 6.45) is 8.08. The number of hydrogen-bond acceptors (Lipinski definition) is 1. The molecule has 0 atom stereocenters. The Balaban J connectivity index is 0. The molecule has 0 amide bonds. The van der Waals surface area contributed by atoms with Gasteiger partial charge in [-0.05, 0) is 37.3 Å². The SMILES string of the molecule is C.CC.CC1CCC(CC=N)CC1. The maximum atomic E-state index is 6.96. The second-order valence-corrected chi connectivity index (χ2v) is 3.57. The molecule has 0 unspecified atom stereocenters. The van der Waals surface area contributed by atoms with Gasteiger partial charge in [-0.15, -0.1) is 0 Å². The van der Waals surface area contributed by atoms with Crippen molar-refractivity contribution < 1.29 is 0 Å². The van der Waals surface area contributed by atoms with Crippen LogP contribution < -0.4 is 0 Å². The topological polar surface area (TPSA) is 23.9 Å². The molecule has 1 aliphatic carbocycles. The van der Waals surface area contributed by atoms with Crippen molar-refractivity contribution in [3.63, 3.8) is 0 Å². The Hall–Kier alpha value is -0.330. The van der Waals surface area contributed by atoms with E-state index in [0.717, 1.165) is 18.3 Å². The van der Waals surface area contributed by atoms with E-state index in [1.807, 2.05) is 13.8 Å². The van der Waals surface area contributed by atoms with Gasteiger partial charge < -0.3 is 5.41 Å². The fraction of sp³-hybridized carbons (Fsp3) is 0.917. The van der Waals surface area contributed by atoms with E-state index in [0.29, 0.717) is 0 Å². The van der Waals surface area contributed by atoms with Crippen molar-refractivity contribution in [2.75, 3.05) is 0 Å². The zero-order chi connectivity index (χ0) is 9.40. The number of nitrogens with one attached hydrogen (secondary N) is 1. The first-order chi connectivity index (χ1) is 5.83. The van der Waals surface area contributed by atoms with E-state index in [-0.39, 0.29) is 7.43 Å². The van der Waals surface area contributed by atoms with E-state index in [9.17, 15) is 0 Å². The zero-order valence-electron chi connectivity index (χ0n) is 8.77. The minimum atomic E-state index is 0. The molecule has 0 heterocycles. The highest BCUT2D eigenvalue weighted by Crippen LogP contribution is 2.29. The smallest absolute Gasteiger partial charge is 0.00450 e. The van der Waals surface area contributed by atoms with Crippen molar-refractivity contribution in [1.82, 2.24) is 0 Å². The molecule has 1 saturated carbocycles. The molecule has 80 valence electrons. The van der Waals surface area contributed by atoms with E-state index in [2.05, 4.69) is 6.92 Å². The Morgan fingerprint density at radius 1 is 1.15 bits per heavy atom. The van der Waals surface area contributed by atoms with Crippen LogP contribution in [-0.2, 0) is 0 Å². The summed E-state index contributed by atoms with van der Waals surface area (Å²) in [5, 5.41) is 6.96. The quantitative estimate of drug-likeness (QED) is 0.612. The van der Waals surface area contributed by atoms with E-state index >= 15 is 0 Å². The lowest BCUT2D eigenvalue weighted by molar-refractivity contribution is 0.297. The molecule has 0 radical (unpaired) electrons. The molecule has 13 heavy (non-hydrogen) atoms. The molecular weight excluding hydrogens is 158 g/mol. The van der Waals surface area contributed by atoms with Crippen molar-refractivity contribution in [1.29, 1.82) is 5.41 Å². The van der Waals surface area contributed by atoms with Gasteiger partial charge >= 0.3 is 0 Å². The van der Waals surface area contributed by atoms with Crippen LogP contribution in [0.2, 0.25) is 0 Å². The van der Waals surface area contributed by atoms with Gasteiger partial charge in [0.1, 0.15) is 0 Å². The third-order valence-corrected chi connectivity index (χ3v) is 2.59. The number of rotatable bonds is 2. The van der Waals surface area contributed by atoms with E-state index in [1.54, 1.807) is 6.21 Å². The molecule has 0 aliphatic heterocycles. The largest absolute Gasteiger partial charge is 0.313 e. The second kappa shape index (κ2) is 9.76. The predicted octanol–water partition coefficient (Wildman–Crippen LogP) is 4.51. The summed E-state index contributed by atoms with van der Waals surface area (Å²) in [7, 11) is 0. The summed E-state index contributed by atoms with van der Waals surface area (Å²) in [6.45, 7) is 6.33. The maximum Gasteiger partial charge on any atom is -0.00450 e. The molecular formula is C12H27N. The summed E-state index contributed by atoms with van der Waals surface area (Å²) in [6, 6.07) is 0. The molecule has 0 spiro atoms. The van der Waals surface area contributed by atoms with Gasteiger partial charge in [-0.25, -0.2) is 0 Å². The second-order valence-electron chi connectivity index (χ2n) is 3.57. The third kappa shape index (κ3) is 6.80. The van der Waals surface area contributed by atoms with Crippen LogP contribution in [0, 0.1) is 17.2 Å². The van der Waals surface area contributed by atoms with Crippen LogP contribution in [0.25, 0.3) is 0 Å². The van der Waals surface area contributed by atoms with Crippen molar-refractivity contribution in [2.45, 2.75) is 60.3 Å². The molecule has 1 fully saturated rings. The molecule has 1 nitrogen and oxygen atoms in total. The van der Waals surface area contributed by atoms with Crippen LogP contribution in [0.4, 0.5) is 0 Å². The van der Waals surface area contributed by atoms with Gasteiger partial charge in [0.05, 0.1) is 0 Å². The van der Waals surface area contributed by atoms with Crippen molar-refractivity contribution in [3.05, 3.63) is 0 Å². The first-order valence-electron chi connectivity index (χ1n) is 5.32.